The van der Waals surface area contributed by atoms with Gasteiger partial charge in [0.25, 0.3) is 5.91 Å². The second-order valence-corrected chi connectivity index (χ2v) is 7.72. The topological polar surface area (TPSA) is 38.3 Å². The molecule has 0 unspecified atom stereocenters. The van der Waals surface area contributed by atoms with Crippen molar-refractivity contribution in [3.63, 3.8) is 0 Å². The maximum atomic E-state index is 12.4. The highest BCUT2D eigenvalue weighted by Gasteiger charge is 2.14. The predicted octanol–water partition coefficient (Wildman–Crippen LogP) is 7.36. The van der Waals surface area contributed by atoms with Gasteiger partial charge in [0.1, 0.15) is 0 Å². The molecule has 1 amide bonds. The second kappa shape index (κ2) is 10.8. The van der Waals surface area contributed by atoms with Crippen molar-refractivity contribution >= 4 is 50.7 Å². The lowest BCUT2D eigenvalue weighted by Gasteiger charge is -2.12. The minimum Gasteiger partial charge on any atom is -0.490 e. The molecular weight excluding hydrogens is 437 g/mol. The van der Waals surface area contributed by atoms with E-state index in [0.717, 1.165) is 17.3 Å². The molecule has 6 heteroatoms. The fourth-order valence-electron chi connectivity index (χ4n) is 2.45. The Labute approximate surface area is 173 Å². The van der Waals surface area contributed by atoms with Crippen molar-refractivity contribution in [2.24, 2.45) is 0 Å². The molecule has 0 radical (unpaired) electrons. The number of benzene rings is 2. The third kappa shape index (κ3) is 6.49. The molecule has 2 aromatic rings. The molecule has 2 rings (SSSR count). The van der Waals surface area contributed by atoms with Crippen LogP contribution >= 0.6 is 39.1 Å². The number of halogens is 3. The van der Waals surface area contributed by atoms with Gasteiger partial charge in [-0.3, -0.25) is 4.79 Å². The summed E-state index contributed by atoms with van der Waals surface area (Å²) in [5.74, 6) is 0.159. The maximum absolute atomic E-state index is 12.4. The summed E-state index contributed by atoms with van der Waals surface area (Å²) in [6, 6.07) is 10.5. The Hall–Kier alpha value is -1.23. The summed E-state index contributed by atoms with van der Waals surface area (Å²) < 4.78 is 6.66. The fourth-order valence-corrected chi connectivity index (χ4v) is 3.31. The van der Waals surface area contributed by atoms with Gasteiger partial charge in [0.15, 0.2) is 5.75 Å². The summed E-state index contributed by atoms with van der Waals surface area (Å²) in [5, 5.41) is 3.49. The van der Waals surface area contributed by atoms with E-state index in [2.05, 4.69) is 28.2 Å². The van der Waals surface area contributed by atoms with Gasteiger partial charge in [-0.15, -0.1) is 0 Å². The van der Waals surface area contributed by atoms with E-state index in [9.17, 15) is 4.79 Å². The Kier molecular flexibility index (Phi) is 8.76. The van der Waals surface area contributed by atoms with E-state index in [0.29, 0.717) is 33.7 Å². The van der Waals surface area contributed by atoms with Crippen LogP contribution in [0.2, 0.25) is 10.0 Å². The number of rotatable bonds is 9. The number of unbranched alkanes of at least 4 members (excludes halogenated alkanes) is 4. The number of ether oxygens (including phenoxy) is 1. The molecule has 140 valence electrons. The standard InChI is InChI=1S/C20H22BrCl2NO2/c1-2-3-4-5-6-11-26-19-17(22)12-14(13-18(19)23)20(25)24-16-9-7-15(21)8-10-16/h7-10,12-13H,2-6,11H2,1H3,(H,24,25). The predicted molar refractivity (Wildman–Crippen MR) is 113 cm³/mol. The lowest BCUT2D eigenvalue weighted by atomic mass is 10.1. The van der Waals surface area contributed by atoms with Crippen molar-refractivity contribution in [2.75, 3.05) is 11.9 Å². The van der Waals surface area contributed by atoms with Crippen LogP contribution in [0.1, 0.15) is 49.4 Å². The summed E-state index contributed by atoms with van der Waals surface area (Å²) in [7, 11) is 0. The van der Waals surface area contributed by atoms with Crippen LogP contribution < -0.4 is 10.1 Å². The Morgan fingerprint density at radius 2 is 1.65 bits per heavy atom. The summed E-state index contributed by atoms with van der Waals surface area (Å²) in [6.45, 7) is 2.75. The van der Waals surface area contributed by atoms with Crippen molar-refractivity contribution in [1.29, 1.82) is 0 Å². The Bertz CT molecular complexity index is 712. The molecule has 0 bridgehead atoms. The molecule has 0 aromatic heterocycles. The molecule has 2 aromatic carbocycles. The zero-order valence-electron chi connectivity index (χ0n) is 14.7. The van der Waals surface area contributed by atoms with E-state index >= 15 is 0 Å². The average molecular weight is 459 g/mol. The summed E-state index contributed by atoms with van der Waals surface area (Å²) in [6.07, 6.45) is 5.73. The van der Waals surface area contributed by atoms with E-state index in [1.54, 1.807) is 24.3 Å². The Morgan fingerprint density at radius 1 is 1.04 bits per heavy atom. The molecule has 1 N–H and O–H groups in total. The van der Waals surface area contributed by atoms with Crippen LogP contribution in [-0.2, 0) is 0 Å². The molecule has 3 nitrogen and oxygen atoms in total. The number of nitrogens with one attached hydrogen (secondary N) is 1. The van der Waals surface area contributed by atoms with Crippen LogP contribution in [0, 0.1) is 0 Å². The number of carbonyl (C=O) groups excluding carboxylic acids is 1. The molecule has 0 saturated carbocycles. The molecule has 0 fully saturated rings. The van der Waals surface area contributed by atoms with Crippen molar-refractivity contribution in [3.05, 3.63) is 56.5 Å². The molecule has 0 aliphatic carbocycles. The van der Waals surface area contributed by atoms with Crippen molar-refractivity contribution in [3.8, 4) is 5.75 Å². The molecule has 0 heterocycles. The fraction of sp³-hybridized carbons (Fsp3) is 0.350. The number of anilines is 1. The van der Waals surface area contributed by atoms with Crippen molar-refractivity contribution in [2.45, 2.75) is 39.0 Å². The molecular formula is C20H22BrCl2NO2. The van der Waals surface area contributed by atoms with Crippen LogP contribution in [0.4, 0.5) is 5.69 Å². The number of carbonyl (C=O) groups is 1. The second-order valence-electron chi connectivity index (χ2n) is 5.99. The van der Waals surface area contributed by atoms with Crippen LogP contribution in [-0.4, -0.2) is 12.5 Å². The largest absolute Gasteiger partial charge is 0.490 e. The molecule has 0 aliphatic rings. The maximum Gasteiger partial charge on any atom is 0.255 e. The van der Waals surface area contributed by atoms with Crippen LogP contribution in [0.25, 0.3) is 0 Å². The van der Waals surface area contributed by atoms with E-state index in [1.807, 2.05) is 12.1 Å². The zero-order chi connectivity index (χ0) is 18.9. The van der Waals surface area contributed by atoms with E-state index in [1.165, 1.54) is 19.3 Å². The van der Waals surface area contributed by atoms with Crippen molar-refractivity contribution < 1.29 is 9.53 Å². The first-order valence-electron chi connectivity index (χ1n) is 8.70. The summed E-state index contributed by atoms with van der Waals surface area (Å²) in [5.41, 5.74) is 1.08. The molecule has 26 heavy (non-hydrogen) atoms. The molecule has 0 aliphatic heterocycles. The van der Waals surface area contributed by atoms with Gasteiger partial charge in [-0.2, -0.15) is 0 Å². The van der Waals surface area contributed by atoms with E-state index < -0.39 is 0 Å². The van der Waals surface area contributed by atoms with Crippen LogP contribution in [0.3, 0.4) is 0 Å². The Morgan fingerprint density at radius 3 is 2.27 bits per heavy atom. The highest BCUT2D eigenvalue weighted by Crippen LogP contribution is 2.34. The molecule has 0 spiro atoms. The van der Waals surface area contributed by atoms with E-state index in [-0.39, 0.29) is 5.91 Å². The molecule has 0 atom stereocenters. The summed E-state index contributed by atoms with van der Waals surface area (Å²) >= 11 is 15.9. The smallest absolute Gasteiger partial charge is 0.255 e. The third-order valence-electron chi connectivity index (χ3n) is 3.86. The van der Waals surface area contributed by atoms with Crippen molar-refractivity contribution in [1.82, 2.24) is 0 Å². The van der Waals surface area contributed by atoms with Gasteiger partial charge in [-0.25, -0.2) is 0 Å². The Balaban J connectivity index is 1.96. The SMILES string of the molecule is CCCCCCCOc1c(Cl)cc(C(=O)Nc2ccc(Br)cc2)cc1Cl. The first kappa shape index (κ1) is 21.1. The van der Waals surface area contributed by atoms with Gasteiger partial charge in [0.05, 0.1) is 16.7 Å². The first-order valence-corrected chi connectivity index (χ1v) is 10.2. The first-order chi connectivity index (χ1) is 12.5. The van der Waals surface area contributed by atoms with Gasteiger partial charge in [-0.1, -0.05) is 71.7 Å². The lowest BCUT2D eigenvalue weighted by molar-refractivity contribution is 0.102. The quantitative estimate of drug-likeness (QED) is 0.398. The minimum atomic E-state index is -0.276. The minimum absolute atomic E-state index is 0.276. The van der Waals surface area contributed by atoms with Crippen LogP contribution in [0.15, 0.2) is 40.9 Å². The van der Waals surface area contributed by atoms with Crippen LogP contribution in [0.5, 0.6) is 5.75 Å². The highest BCUT2D eigenvalue weighted by molar-refractivity contribution is 9.10. The van der Waals surface area contributed by atoms with Gasteiger partial charge in [0, 0.05) is 15.7 Å². The lowest BCUT2D eigenvalue weighted by Crippen LogP contribution is -2.12. The third-order valence-corrected chi connectivity index (χ3v) is 4.95. The highest BCUT2D eigenvalue weighted by atomic mass is 79.9. The average Bonchev–Trinajstić information content (AvgIpc) is 2.61. The normalized spacial score (nSPS) is 10.6. The number of hydrogen-bond donors (Lipinski definition) is 1. The number of amides is 1. The van der Waals surface area contributed by atoms with E-state index in [4.69, 9.17) is 27.9 Å². The summed E-state index contributed by atoms with van der Waals surface area (Å²) in [4.78, 5) is 12.4. The zero-order valence-corrected chi connectivity index (χ0v) is 17.8. The van der Waals surface area contributed by atoms with Gasteiger partial charge >= 0.3 is 0 Å². The monoisotopic (exact) mass is 457 g/mol. The van der Waals surface area contributed by atoms with Gasteiger partial charge in [-0.05, 0) is 42.8 Å². The van der Waals surface area contributed by atoms with Gasteiger partial charge in [0.2, 0.25) is 0 Å². The molecule has 0 saturated heterocycles. The van der Waals surface area contributed by atoms with Gasteiger partial charge < -0.3 is 10.1 Å². The number of hydrogen-bond acceptors (Lipinski definition) is 2.